The molecule has 156 valence electrons. The van der Waals surface area contributed by atoms with Crippen LogP contribution in [0.15, 0.2) is 59.5 Å². The quantitative estimate of drug-likeness (QED) is 0.647. The van der Waals surface area contributed by atoms with Gasteiger partial charge in [-0.15, -0.1) is 0 Å². The molecular weight excluding hydrogens is 400 g/mol. The van der Waals surface area contributed by atoms with Gasteiger partial charge in [-0.05, 0) is 47.0 Å². The highest BCUT2D eigenvalue weighted by atomic mass is 32.2. The highest BCUT2D eigenvalue weighted by Crippen LogP contribution is 2.32. The van der Waals surface area contributed by atoms with Gasteiger partial charge in [0.15, 0.2) is 0 Å². The van der Waals surface area contributed by atoms with E-state index in [9.17, 15) is 14.4 Å². The molecule has 0 saturated carbocycles. The van der Waals surface area contributed by atoms with Crippen molar-refractivity contribution >= 4 is 34.9 Å². The summed E-state index contributed by atoms with van der Waals surface area (Å²) >= 11 is 0.842. The summed E-state index contributed by atoms with van der Waals surface area (Å²) in [6.45, 7) is 4.66. The smallest absolute Gasteiger partial charge is 0.294 e. The van der Waals surface area contributed by atoms with E-state index in [1.165, 1.54) is 0 Å². The second-order valence-electron chi connectivity index (χ2n) is 7.31. The molecule has 0 unspecified atom stereocenters. The fraction of sp³-hybridized carbons (Fsp3) is 0.261. The lowest BCUT2D eigenvalue weighted by Gasteiger charge is -2.13. The van der Waals surface area contributed by atoms with Crippen LogP contribution < -0.4 is 10.1 Å². The minimum atomic E-state index is -0.450. The Bertz CT molecular complexity index is 939. The number of benzene rings is 2. The fourth-order valence-corrected chi connectivity index (χ4v) is 3.54. The first-order chi connectivity index (χ1) is 14.4. The van der Waals surface area contributed by atoms with Crippen LogP contribution in [0.5, 0.6) is 5.75 Å². The van der Waals surface area contributed by atoms with Gasteiger partial charge in [0.1, 0.15) is 18.9 Å². The van der Waals surface area contributed by atoms with Crippen LogP contribution in [0.1, 0.15) is 25.0 Å². The number of rotatable bonds is 8. The largest absolute Gasteiger partial charge is 0.489 e. The molecule has 1 N–H and O–H groups in total. The van der Waals surface area contributed by atoms with Gasteiger partial charge in [0, 0.05) is 6.54 Å². The van der Waals surface area contributed by atoms with Gasteiger partial charge in [-0.3, -0.25) is 19.3 Å². The highest BCUT2D eigenvalue weighted by molar-refractivity contribution is 8.18. The Balaban J connectivity index is 1.59. The van der Waals surface area contributed by atoms with Crippen LogP contribution in [0.25, 0.3) is 6.08 Å². The van der Waals surface area contributed by atoms with Crippen LogP contribution in [-0.4, -0.2) is 35.0 Å². The molecule has 0 aliphatic carbocycles. The monoisotopic (exact) mass is 424 g/mol. The van der Waals surface area contributed by atoms with Crippen LogP contribution in [-0.2, 0) is 16.2 Å². The SMILES string of the molecule is CC(C)CNC(=O)CN1C(=O)S/C(=C\c2ccc(OCc3ccccc3)cc2)C1=O. The normalized spacial score (nSPS) is 15.2. The molecule has 3 rings (SSSR count). The van der Waals surface area contributed by atoms with Gasteiger partial charge in [-0.25, -0.2) is 0 Å². The van der Waals surface area contributed by atoms with E-state index in [0.717, 1.165) is 27.8 Å². The maximum atomic E-state index is 12.5. The summed E-state index contributed by atoms with van der Waals surface area (Å²) in [5, 5.41) is 2.28. The average Bonchev–Trinajstić information content (AvgIpc) is 3.00. The van der Waals surface area contributed by atoms with Crippen molar-refractivity contribution in [3.8, 4) is 5.75 Å². The third-order valence-electron chi connectivity index (χ3n) is 4.31. The van der Waals surface area contributed by atoms with E-state index in [4.69, 9.17) is 4.74 Å². The van der Waals surface area contributed by atoms with Crippen molar-refractivity contribution in [1.82, 2.24) is 10.2 Å². The lowest BCUT2D eigenvalue weighted by atomic mass is 10.2. The number of nitrogens with one attached hydrogen (secondary N) is 1. The van der Waals surface area contributed by atoms with Gasteiger partial charge in [0.05, 0.1) is 4.91 Å². The maximum absolute atomic E-state index is 12.5. The highest BCUT2D eigenvalue weighted by Gasteiger charge is 2.36. The van der Waals surface area contributed by atoms with Crippen molar-refractivity contribution in [3.05, 3.63) is 70.6 Å². The first-order valence-electron chi connectivity index (χ1n) is 9.71. The first-order valence-corrected chi connectivity index (χ1v) is 10.5. The summed E-state index contributed by atoms with van der Waals surface area (Å²) in [6, 6.07) is 17.1. The Morgan fingerprint density at radius 2 is 1.80 bits per heavy atom. The number of nitrogens with zero attached hydrogens (tertiary/aromatic N) is 1. The first kappa shape index (κ1) is 21.6. The van der Waals surface area contributed by atoms with E-state index in [2.05, 4.69) is 5.32 Å². The molecule has 2 aromatic rings. The lowest BCUT2D eigenvalue weighted by molar-refractivity contribution is -0.129. The number of amides is 3. The Morgan fingerprint density at radius 3 is 2.47 bits per heavy atom. The Kier molecular flexibility index (Phi) is 7.30. The average molecular weight is 425 g/mol. The minimum absolute atomic E-state index is 0.263. The van der Waals surface area contributed by atoms with Gasteiger partial charge in [0.2, 0.25) is 5.91 Å². The number of carbonyl (C=O) groups excluding carboxylic acids is 3. The maximum Gasteiger partial charge on any atom is 0.294 e. The fourth-order valence-electron chi connectivity index (χ4n) is 2.71. The second kappa shape index (κ2) is 10.1. The van der Waals surface area contributed by atoms with Gasteiger partial charge in [0.25, 0.3) is 11.1 Å². The molecule has 30 heavy (non-hydrogen) atoms. The molecule has 0 radical (unpaired) electrons. The van der Waals surface area contributed by atoms with Crippen LogP contribution in [0.3, 0.4) is 0 Å². The molecule has 1 aliphatic heterocycles. The third-order valence-corrected chi connectivity index (χ3v) is 5.22. The van der Waals surface area contributed by atoms with Gasteiger partial charge < -0.3 is 10.1 Å². The number of imide groups is 1. The minimum Gasteiger partial charge on any atom is -0.489 e. The molecule has 1 fully saturated rings. The number of carbonyl (C=O) groups is 3. The summed E-state index contributed by atoms with van der Waals surface area (Å²) < 4.78 is 5.76. The standard InChI is InChI=1S/C23H24N2O4S/c1-16(2)13-24-21(26)14-25-22(27)20(30-23(25)28)12-17-8-10-19(11-9-17)29-15-18-6-4-3-5-7-18/h3-12,16H,13-15H2,1-2H3,(H,24,26)/b20-12-. The summed E-state index contributed by atoms with van der Waals surface area (Å²) in [5.41, 5.74) is 1.85. The molecule has 6 nitrogen and oxygen atoms in total. The van der Waals surface area contributed by atoms with Crippen molar-refractivity contribution in [1.29, 1.82) is 0 Å². The molecule has 3 amide bonds. The van der Waals surface area contributed by atoms with Crippen LogP contribution in [0.2, 0.25) is 0 Å². The van der Waals surface area contributed by atoms with Crippen molar-refractivity contribution in [2.24, 2.45) is 5.92 Å². The van der Waals surface area contributed by atoms with E-state index >= 15 is 0 Å². The number of thioether (sulfide) groups is 1. The Morgan fingerprint density at radius 1 is 1.10 bits per heavy atom. The molecule has 0 atom stereocenters. The van der Waals surface area contributed by atoms with Crippen LogP contribution >= 0.6 is 11.8 Å². The molecule has 0 aromatic heterocycles. The van der Waals surface area contributed by atoms with Crippen molar-refractivity contribution in [2.45, 2.75) is 20.5 Å². The summed E-state index contributed by atoms with van der Waals surface area (Å²) in [4.78, 5) is 37.9. The van der Waals surface area contributed by atoms with Crippen LogP contribution in [0.4, 0.5) is 4.79 Å². The van der Waals surface area contributed by atoms with Gasteiger partial charge in [-0.1, -0.05) is 56.3 Å². The lowest BCUT2D eigenvalue weighted by Crippen LogP contribution is -2.40. The number of hydrogen-bond donors (Lipinski definition) is 1. The van der Waals surface area contributed by atoms with Crippen LogP contribution in [0, 0.1) is 5.92 Å². The zero-order valence-corrected chi connectivity index (χ0v) is 17.8. The number of hydrogen-bond acceptors (Lipinski definition) is 5. The van der Waals surface area contributed by atoms with E-state index in [-0.39, 0.29) is 12.5 Å². The van der Waals surface area contributed by atoms with E-state index in [0.29, 0.717) is 29.7 Å². The molecule has 1 saturated heterocycles. The van der Waals surface area contributed by atoms with Gasteiger partial charge in [-0.2, -0.15) is 0 Å². The Hall–Kier alpha value is -3.06. The van der Waals surface area contributed by atoms with E-state index < -0.39 is 11.1 Å². The second-order valence-corrected chi connectivity index (χ2v) is 8.30. The molecule has 1 heterocycles. The summed E-state index contributed by atoms with van der Waals surface area (Å²) in [7, 11) is 0. The van der Waals surface area contributed by atoms with Crippen molar-refractivity contribution in [2.75, 3.05) is 13.1 Å². The molecule has 0 spiro atoms. The van der Waals surface area contributed by atoms with E-state index in [1.807, 2.05) is 68.4 Å². The molecular formula is C23H24N2O4S. The molecule has 7 heteroatoms. The Labute approximate surface area is 180 Å². The number of ether oxygens (including phenoxy) is 1. The van der Waals surface area contributed by atoms with Gasteiger partial charge >= 0.3 is 0 Å². The topological polar surface area (TPSA) is 75.7 Å². The third kappa shape index (κ3) is 5.97. The zero-order chi connectivity index (χ0) is 21.5. The van der Waals surface area contributed by atoms with Crippen molar-refractivity contribution < 1.29 is 19.1 Å². The predicted octanol–water partition coefficient (Wildman–Crippen LogP) is 4.07. The van der Waals surface area contributed by atoms with Crippen molar-refractivity contribution in [3.63, 3.8) is 0 Å². The summed E-state index contributed by atoms with van der Waals surface area (Å²) in [6.07, 6.45) is 1.65. The van der Waals surface area contributed by atoms with E-state index in [1.54, 1.807) is 6.08 Å². The summed E-state index contributed by atoms with van der Waals surface area (Å²) in [5.74, 6) is 0.218. The predicted molar refractivity (Wildman–Crippen MR) is 118 cm³/mol. The zero-order valence-electron chi connectivity index (χ0n) is 17.0. The molecule has 1 aliphatic rings. The molecule has 0 bridgehead atoms. The molecule has 2 aromatic carbocycles.